The number of allylic oxidation sites excluding steroid dienone is 1. The van der Waals surface area contributed by atoms with Crippen molar-refractivity contribution in [1.29, 1.82) is 0 Å². The van der Waals surface area contributed by atoms with Crippen LogP contribution in [0.3, 0.4) is 0 Å². The van der Waals surface area contributed by atoms with E-state index in [1.54, 1.807) is 6.08 Å². The van der Waals surface area contributed by atoms with Crippen LogP contribution in [0.25, 0.3) is 0 Å². The second kappa shape index (κ2) is 21.7. The van der Waals surface area contributed by atoms with Gasteiger partial charge in [0.25, 0.3) is 0 Å². The molecule has 1 rings (SSSR count). The number of ether oxygens (including phenoxy) is 2. The second-order valence-corrected chi connectivity index (χ2v) is 10.6. The van der Waals surface area contributed by atoms with E-state index in [-0.39, 0.29) is 12.5 Å². The fourth-order valence-electron chi connectivity index (χ4n) is 4.56. The largest absolute Gasteiger partial charge is 0.394 e. The number of hydrogen-bond donors (Lipinski definition) is 6. The van der Waals surface area contributed by atoms with Crippen molar-refractivity contribution in [1.82, 2.24) is 5.32 Å². The lowest BCUT2D eigenvalue weighted by molar-refractivity contribution is -0.302. The molecule has 0 spiro atoms. The van der Waals surface area contributed by atoms with Crippen LogP contribution in [0.2, 0.25) is 0 Å². The van der Waals surface area contributed by atoms with Crippen molar-refractivity contribution in [3.05, 3.63) is 12.2 Å². The minimum absolute atomic E-state index is 0.188. The van der Waals surface area contributed by atoms with Gasteiger partial charge in [0.2, 0.25) is 5.91 Å². The molecule has 0 aromatic rings. The lowest BCUT2D eigenvalue weighted by Gasteiger charge is -2.40. The lowest BCUT2D eigenvalue weighted by atomic mass is 9.99. The standard InChI is InChI=1S/C29H55NO8/c1-3-5-7-9-10-11-12-13-15-17-19-25(33)30-22(23(32)18-16-14-8-6-4-2)21-37-29-28(36)27(35)26(34)24(20-31)38-29/h16,18,22-24,26-29,31-32,34-36H,3-15,17,19-21H2,1-2H3,(H,30,33)/b18-16+. The topological polar surface area (TPSA) is 149 Å². The summed E-state index contributed by atoms with van der Waals surface area (Å²) in [7, 11) is 0. The fourth-order valence-corrected chi connectivity index (χ4v) is 4.56. The van der Waals surface area contributed by atoms with Gasteiger partial charge in [0, 0.05) is 6.42 Å². The molecule has 1 aliphatic rings. The van der Waals surface area contributed by atoms with Crippen molar-refractivity contribution < 1.29 is 39.8 Å². The summed E-state index contributed by atoms with van der Waals surface area (Å²) in [4.78, 5) is 12.6. The number of amides is 1. The van der Waals surface area contributed by atoms with Crippen molar-refractivity contribution in [3.63, 3.8) is 0 Å². The maximum absolute atomic E-state index is 12.6. The van der Waals surface area contributed by atoms with Crippen LogP contribution in [0.15, 0.2) is 12.2 Å². The van der Waals surface area contributed by atoms with Gasteiger partial charge in [-0.3, -0.25) is 4.79 Å². The number of carbonyl (C=O) groups excluding carboxylic acids is 1. The molecule has 7 atom stereocenters. The van der Waals surface area contributed by atoms with Gasteiger partial charge in [-0.15, -0.1) is 0 Å². The lowest BCUT2D eigenvalue weighted by Crippen LogP contribution is -2.60. The predicted molar refractivity (Wildman–Crippen MR) is 147 cm³/mol. The Bertz CT molecular complexity index is 617. The zero-order valence-electron chi connectivity index (χ0n) is 23.7. The summed E-state index contributed by atoms with van der Waals surface area (Å²) in [6.45, 7) is 3.59. The Morgan fingerprint density at radius 3 is 2.05 bits per heavy atom. The third-order valence-corrected chi connectivity index (χ3v) is 7.11. The van der Waals surface area contributed by atoms with Crippen LogP contribution in [-0.4, -0.2) is 87.5 Å². The average Bonchev–Trinajstić information content (AvgIpc) is 2.91. The third-order valence-electron chi connectivity index (χ3n) is 7.11. The van der Waals surface area contributed by atoms with E-state index in [2.05, 4.69) is 19.2 Å². The van der Waals surface area contributed by atoms with E-state index in [4.69, 9.17) is 9.47 Å². The molecular weight excluding hydrogens is 490 g/mol. The molecule has 224 valence electrons. The van der Waals surface area contributed by atoms with Crippen molar-refractivity contribution in [2.24, 2.45) is 0 Å². The molecule has 0 aliphatic carbocycles. The van der Waals surface area contributed by atoms with Crippen LogP contribution in [0.1, 0.15) is 110 Å². The van der Waals surface area contributed by atoms with Crippen LogP contribution in [-0.2, 0) is 14.3 Å². The Balaban J connectivity index is 2.53. The van der Waals surface area contributed by atoms with Gasteiger partial charge in [0.1, 0.15) is 24.4 Å². The summed E-state index contributed by atoms with van der Waals surface area (Å²) < 4.78 is 11.0. The van der Waals surface area contributed by atoms with Crippen molar-refractivity contribution in [3.8, 4) is 0 Å². The molecule has 0 bridgehead atoms. The summed E-state index contributed by atoms with van der Waals surface area (Å²) in [6, 6.07) is -0.791. The number of aliphatic hydroxyl groups excluding tert-OH is 5. The molecule has 1 heterocycles. The average molecular weight is 546 g/mol. The molecule has 6 N–H and O–H groups in total. The van der Waals surface area contributed by atoms with E-state index < -0.39 is 49.5 Å². The minimum atomic E-state index is -1.56. The van der Waals surface area contributed by atoms with Gasteiger partial charge in [0.05, 0.1) is 25.4 Å². The quantitative estimate of drug-likeness (QED) is 0.0898. The molecule has 1 saturated heterocycles. The van der Waals surface area contributed by atoms with Gasteiger partial charge in [-0.25, -0.2) is 0 Å². The van der Waals surface area contributed by atoms with E-state index in [0.29, 0.717) is 6.42 Å². The SMILES string of the molecule is CCCCC/C=C/C(O)C(COC1OC(CO)C(O)C(O)C1O)NC(=O)CCCCCCCCCCCC. The first-order valence-corrected chi connectivity index (χ1v) is 14.9. The highest BCUT2D eigenvalue weighted by atomic mass is 16.7. The predicted octanol–water partition coefficient (Wildman–Crippen LogP) is 3.10. The van der Waals surface area contributed by atoms with Crippen molar-refractivity contribution in [2.75, 3.05) is 13.2 Å². The molecule has 0 aromatic carbocycles. The monoisotopic (exact) mass is 545 g/mol. The second-order valence-electron chi connectivity index (χ2n) is 10.6. The minimum Gasteiger partial charge on any atom is -0.394 e. The zero-order valence-corrected chi connectivity index (χ0v) is 23.7. The Kier molecular flexibility index (Phi) is 20.0. The first-order valence-electron chi connectivity index (χ1n) is 14.9. The summed E-state index contributed by atoms with van der Waals surface area (Å²) in [6.07, 6.45) is 11.6. The summed E-state index contributed by atoms with van der Waals surface area (Å²) in [5, 5.41) is 53.1. The number of nitrogens with one attached hydrogen (secondary N) is 1. The Morgan fingerprint density at radius 1 is 0.868 bits per heavy atom. The molecular formula is C29H55NO8. The Morgan fingerprint density at radius 2 is 1.45 bits per heavy atom. The summed E-state index contributed by atoms with van der Waals surface area (Å²) >= 11 is 0. The van der Waals surface area contributed by atoms with E-state index in [1.807, 2.05) is 6.08 Å². The molecule has 1 fully saturated rings. The molecule has 38 heavy (non-hydrogen) atoms. The van der Waals surface area contributed by atoms with Gasteiger partial charge < -0.3 is 40.3 Å². The van der Waals surface area contributed by atoms with Crippen LogP contribution in [0.5, 0.6) is 0 Å². The molecule has 1 aliphatic heterocycles. The van der Waals surface area contributed by atoms with E-state index in [1.165, 1.54) is 44.9 Å². The molecule has 9 heteroatoms. The molecule has 0 radical (unpaired) electrons. The maximum atomic E-state index is 12.6. The smallest absolute Gasteiger partial charge is 0.220 e. The highest BCUT2D eigenvalue weighted by Gasteiger charge is 2.44. The summed E-state index contributed by atoms with van der Waals surface area (Å²) in [5.74, 6) is -0.189. The van der Waals surface area contributed by atoms with Crippen molar-refractivity contribution >= 4 is 5.91 Å². The van der Waals surface area contributed by atoms with Crippen LogP contribution in [0.4, 0.5) is 0 Å². The number of rotatable bonds is 22. The van der Waals surface area contributed by atoms with E-state index in [0.717, 1.165) is 44.9 Å². The normalized spacial score (nSPS) is 25.5. The van der Waals surface area contributed by atoms with Gasteiger partial charge in [0.15, 0.2) is 6.29 Å². The molecule has 0 aromatic heterocycles. The first-order chi connectivity index (χ1) is 18.3. The van der Waals surface area contributed by atoms with E-state index >= 15 is 0 Å². The number of carbonyl (C=O) groups is 1. The third kappa shape index (κ3) is 14.4. The highest BCUT2D eigenvalue weighted by Crippen LogP contribution is 2.22. The first kappa shape index (κ1) is 35.0. The van der Waals surface area contributed by atoms with Crippen LogP contribution >= 0.6 is 0 Å². The van der Waals surface area contributed by atoms with Crippen LogP contribution in [0, 0.1) is 0 Å². The maximum Gasteiger partial charge on any atom is 0.220 e. The molecule has 1 amide bonds. The van der Waals surface area contributed by atoms with Crippen molar-refractivity contribution in [2.45, 2.75) is 153 Å². The van der Waals surface area contributed by atoms with Crippen LogP contribution < -0.4 is 5.32 Å². The number of unbranched alkanes of at least 4 members (excludes halogenated alkanes) is 12. The van der Waals surface area contributed by atoms with Gasteiger partial charge in [-0.1, -0.05) is 96.6 Å². The molecule has 7 unspecified atom stereocenters. The van der Waals surface area contributed by atoms with Gasteiger partial charge in [-0.2, -0.15) is 0 Å². The molecule has 9 nitrogen and oxygen atoms in total. The van der Waals surface area contributed by atoms with E-state index in [9.17, 15) is 30.3 Å². The highest BCUT2D eigenvalue weighted by molar-refractivity contribution is 5.76. The summed E-state index contributed by atoms with van der Waals surface area (Å²) in [5.41, 5.74) is 0. The Labute approximate surface area is 229 Å². The van der Waals surface area contributed by atoms with Gasteiger partial charge >= 0.3 is 0 Å². The zero-order chi connectivity index (χ0) is 28.2. The molecule has 0 saturated carbocycles. The van der Waals surface area contributed by atoms with Gasteiger partial charge in [-0.05, 0) is 19.3 Å². The Hall–Kier alpha value is -1.07. The number of hydrogen-bond acceptors (Lipinski definition) is 8. The number of aliphatic hydroxyl groups is 5. The fraction of sp³-hybridized carbons (Fsp3) is 0.897.